The van der Waals surface area contributed by atoms with Crippen molar-refractivity contribution in [3.8, 4) is 0 Å². The van der Waals surface area contributed by atoms with Gasteiger partial charge in [0, 0.05) is 13.1 Å². The number of hydrogen-bond acceptors (Lipinski definition) is 3. The Morgan fingerprint density at radius 3 is 2.25 bits per heavy atom. The summed E-state index contributed by atoms with van der Waals surface area (Å²) in [4.78, 5) is 4.40. The highest BCUT2D eigenvalue weighted by atomic mass is 16.5. The van der Waals surface area contributed by atoms with Crippen molar-refractivity contribution in [1.82, 2.24) is 9.62 Å². The van der Waals surface area contributed by atoms with E-state index in [0.717, 1.165) is 18.8 Å². The van der Waals surface area contributed by atoms with E-state index < -0.39 is 0 Å². The first-order valence-corrected chi connectivity index (χ1v) is 4.35. The van der Waals surface area contributed by atoms with Gasteiger partial charge in [-0.25, -0.2) is 0 Å². The van der Waals surface area contributed by atoms with Gasteiger partial charge in [-0.2, -0.15) is 0 Å². The smallest absolute Gasteiger partial charge is 0.537 e. The van der Waals surface area contributed by atoms with Crippen LogP contribution in [0.2, 0.25) is 0 Å². The summed E-state index contributed by atoms with van der Waals surface area (Å²) < 4.78 is 5.70. The molecule has 0 atom stereocenters. The average Bonchev–Trinajstić information content (AvgIpc) is 2.35. The minimum Gasteiger partial charge on any atom is -0.537 e. The lowest BCUT2D eigenvalue weighted by molar-refractivity contribution is 0.342. The first-order valence-electron chi connectivity index (χ1n) is 4.35. The van der Waals surface area contributed by atoms with Crippen molar-refractivity contribution in [2.24, 2.45) is 0 Å². The molecule has 1 aliphatic heterocycles. The lowest BCUT2D eigenvalue weighted by Gasteiger charge is -2.20. The zero-order valence-corrected chi connectivity index (χ0v) is 8.37. The van der Waals surface area contributed by atoms with Crippen LogP contribution < -0.4 is 0 Å². The van der Waals surface area contributed by atoms with Crippen LogP contribution in [-0.4, -0.2) is 44.0 Å². The van der Waals surface area contributed by atoms with Crippen LogP contribution in [0.15, 0.2) is 11.8 Å². The van der Waals surface area contributed by atoms with E-state index in [0.29, 0.717) is 0 Å². The summed E-state index contributed by atoms with van der Waals surface area (Å²) in [6.45, 7) is 6.14. The Morgan fingerprint density at radius 2 is 1.83 bits per heavy atom. The molecule has 4 heteroatoms. The summed E-state index contributed by atoms with van der Waals surface area (Å²) in [5.41, 5.74) is 0. The van der Waals surface area contributed by atoms with E-state index in [1.54, 1.807) is 0 Å². The molecule has 0 aromatic heterocycles. The Balaban J connectivity index is 2.50. The number of hydrogen-bond donors (Lipinski definition) is 0. The molecular formula is C8H17BN2O. The van der Waals surface area contributed by atoms with E-state index in [1.807, 2.05) is 19.9 Å². The molecule has 0 N–H and O–H groups in total. The molecule has 0 aliphatic carbocycles. The molecule has 0 aromatic carbocycles. The van der Waals surface area contributed by atoms with Gasteiger partial charge in [-0.15, -0.1) is 0 Å². The predicted molar refractivity (Wildman–Crippen MR) is 51.5 cm³/mol. The molecule has 0 spiro atoms. The normalized spacial score (nSPS) is 22.0. The largest absolute Gasteiger partial charge is 0.547 e. The van der Waals surface area contributed by atoms with Gasteiger partial charge in [0.15, 0.2) is 0 Å². The number of allylic oxidation sites excluding steroid dienone is 2. The molecule has 0 bridgehead atoms. The highest BCUT2D eigenvalue weighted by Crippen LogP contribution is 2.10. The minimum atomic E-state index is 0.126. The summed E-state index contributed by atoms with van der Waals surface area (Å²) in [6.07, 6.45) is 1.99. The third-order valence-corrected chi connectivity index (χ3v) is 2.26. The first-order chi connectivity index (χ1) is 5.65. The summed E-state index contributed by atoms with van der Waals surface area (Å²) in [7, 11) is 4.29. The van der Waals surface area contributed by atoms with Gasteiger partial charge in [-0.05, 0) is 27.9 Å². The maximum Gasteiger partial charge on any atom is 0.547 e. The first kappa shape index (κ1) is 9.61. The summed E-state index contributed by atoms with van der Waals surface area (Å²) in [5, 5.41) is 0. The van der Waals surface area contributed by atoms with Crippen LogP contribution in [0.4, 0.5) is 0 Å². The molecule has 1 aliphatic rings. The van der Waals surface area contributed by atoms with Gasteiger partial charge < -0.3 is 4.65 Å². The topological polar surface area (TPSA) is 15.7 Å². The third-order valence-electron chi connectivity index (χ3n) is 2.26. The number of likely N-dealkylation sites (N-methyl/N-ethyl adjacent to an activating group) is 2. The molecule has 0 saturated carbocycles. The summed E-state index contributed by atoms with van der Waals surface area (Å²) >= 11 is 0. The molecule has 3 nitrogen and oxygen atoms in total. The van der Waals surface area contributed by atoms with Crippen molar-refractivity contribution in [2.75, 3.05) is 27.2 Å². The highest BCUT2D eigenvalue weighted by molar-refractivity contribution is 6.46. The third kappa shape index (κ3) is 2.02. The van der Waals surface area contributed by atoms with E-state index in [9.17, 15) is 0 Å². The Morgan fingerprint density at radius 1 is 1.33 bits per heavy atom. The second-order valence-corrected chi connectivity index (χ2v) is 3.30. The molecular weight excluding hydrogens is 151 g/mol. The second-order valence-electron chi connectivity index (χ2n) is 3.30. The average molecular weight is 168 g/mol. The standard InChI is InChI=1S/C8H17BN2O/c1-5-8(2)12-9-10(3)6-7-11(9)4/h5H,6-7H2,1-4H3/b8-5+. The highest BCUT2D eigenvalue weighted by Gasteiger charge is 2.35. The number of rotatable bonds is 2. The molecule has 0 radical (unpaired) electrons. The van der Waals surface area contributed by atoms with E-state index in [2.05, 4.69) is 23.7 Å². The van der Waals surface area contributed by atoms with E-state index in [1.165, 1.54) is 0 Å². The van der Waals surface area contributed by atoms with E-state index >= 15 is 0 Å². The van der Waals surface area contributed by atoms with E-state index in [4.69, 9.17) is 4.65 Å². The monoisotopic (exact) mass is 168 g/mol. The fourth-order valence-corrected chi connectivity index (χ4v) is 1.29. The Labute approximate surface area is 75.1 Å². The molecule has 1 heterocycles. The maximum absolute atomic E-state index is 5.70. The predicted octanol–water partition coefficient (Wildman–Crippen LogP) is 0.789. The lowest BCUT2D eigenvalue weighted by Crippen LogP contribution is -2.42. The van der Waals surface area contributed by atoms with Gasteiger partial charge >= 0.3 is 7.19 Å². The summed E-state index contributed by atoms with van der Waals surface area (Å²) in [5.74, 6) is 0.987. The van der Waals surface area contributed by atoms with Crippen LogP contribution in [0.25, 0.3) is 0 Å². The van der Waals surface area contributed by atoms with Crippen LogP contribution in [0, 0.1) is 0 Å². The fraction of sp³-hybridized carbons (Fsp3) is 0.750. The Kier molecular flexibility index (Phi) is 3.17. The quantitative estimate of drug-likeness (QED) is 0.447. The minimum absolute atomic E-state index is 0.126. The van der Waals surface area contributed by atoms with Crippen LogP contribution in [0.1, 0.15) is 13.8 Å². The van der Waals surface area contributed by atoms with Gasteiger partial charge in [0.2, 0.25) is 0 Å². The molecule has 12 heavy (non-hydrogen) atoms. The molecule has 0 amide bonds. The fourth-order valence-electron chi connectivity index (χ4n) is 1.29. The molecule has 1 saturated heterocycles. The van der Waals surface area contributed by atoms with Crippen LogP contribution in [0.5, 0.6) is 0 Å². The molecule has 1 fully saturated rings. The van der Waals surface area contributed by atoms with Crippen molar-refractivity contribution in [3.63, 3.8) is 0 Å². The molecule has 0 aromatic rings. The van der Waals surface area contributed by atoms with E-state index in [-0.39, 0.29) is 7.19 Å². The molecule has 0 unspecified atom stereocenters. The van der Waals surface area contributed by atoms with Crippen molar-refractivity contribution in [2.45, 2.75) is 13.8 Å². The molecule has 68 valence electrons. The van der Waals surface area contributed by atoms with Gasteiger partial charge in [0.05, 0.1) is 5.76 Å². The van der Waals surface area contributed by atoms with Crippen LogP contribution in [0.3, 0.4) is 0 Å². The SMILES string of the molecule is C/C=C(\C)OB1N(C)CCN1C. The zero-order chi connectivity index (χ0) is 9.14. The number of nitrogens with zero attached hydrogens (tertiary/aromatic N) is 2. The maximum atomic E-state index is 5.70. The Bertz CT molecular complexity index is 174. The van der Waals surface area contributed by atoms with Crippen LogP contribution >= 0.6 is 0 Å². The molecule has 1 rings (SSSR count). The van der Waals surface area contributed by atoms with Crippen molar-refractivity contribution >= 4 is 7.19 Å². The van der Waals surface area contributed by atoms with Crippen molar-refractivity contribution in [1.29, 1.82) is 0 Å². The second kappa shape index (κ2) is 3.96. The van der Waals surface area contributed by atoms with Crippen molar-refractivity contribution < 1.29 is 4.65 Å². The summed E-state index contributed by atoms with van der Waals surface area (Å²) in [6, 6.07) is 0. The van der Waals surface area contributed by atoms with Crippen LogP contribution in [-0.2, 0) is 4.65 Å². The van der Waals surface area contributed by atoms with Gasteiger partial charge in [0.25, 0.3) is 0 Å². The Hall–Kier alpha value is -0.475. The van der Waals surface area contributed by atoms with Gasteiger partial charge in [-0.3, -0.25) is 9.62 Å². The zero-order valence-electron chi connectivity index (χ0n) is 8.37. The van der Waals surface area contributed by atoms with Gasteiger partial charge in [-0.1, -0.05) is 6.08 Å². The van der Waals surface area contributed by atoms with Gasteiger partial charge in [0.1, 0.15) is 0 Å². The van der Waals surface area contributed by atoms with Crippen molar-refractivity contribution in [3.05, 3.63) is 11.8 Å². The lowest BCUT2D eigenvalue weighted by atomic mass is 9.99.